The minimum absolute atomic E-state index is 0.00687. The summed E-state index contributed by atoms with van der Waals surface area (Å²) in [4.78, 5) is 66.9. The Hall–Kier alpha value is -5.46. The lowest BCUT2D eigenvalue weighted by Gasteiger charge is -2.23. The zero-order valence-corrected chi connectivity index (χ0v) is 22.3. The highest BCUT2D eigenvalue weighted by atomic mass is 16.6. The third kappa shape index (κ3) is 9.66. The summed E-state index contributed by atoms with van der Waals surface area (Å²) in [5, 5.41) is 4.95. The predicted octanol–water partition coefficient (Wildman–Crippen LogP) is 2.93. The first kappa shape index (κ1) is 30.1. The predicted molar refractivity (Wildman–Crippen MR) is 148 cm³/mol. The summed E-state index contributed by atoms with van der Waals surface area (Å²) in [6.07, 6.45) is 1.17. The van der Waals surface area contributed by atoms with Crippen LogP contribution in [0.4, 0.5) is 21.1 Å². The fourth-order valence-electron chi connectivity index (χ4n) is 3.45. The number of carbonyl (C=O) groups is 4. The molecule has 3 aromatic rings. The van der Waals surface area contributed by atoms with Gasteiger partial charge in [0.1, 0.15) is 32.1 Å². The molecular formula is C28H29N5O8. The first-order chi connectivity index (χ1) is 19.8. The standard InChI is InChI=1S/C28H29N5O8/c1-3-15-40-27(37)29-22-12-8-7-11-21(22)16-33(18-25(35)39-2)24(34)17-32-14-13-23(30-26(32)36)31-28(38)41-19-20-9-5-4-6-10-20/h3-14H,1,15-19H2,2H3,(H,29,37)(H,30,31,36,38). The maximum atomic E-state index is 13.2. The Balaban J connectivity index is 1.68. The Labute approximate surface area is 235 Å². The highest BCUT2D eigenvalue weighted by molar-refractivity contribution is 5.86. The lowest BCUT2D eigenvalue weighted by Crippen LogP contribution is -2.40. The number of benzene rings is 2. The quantitative estimate of drug-likeness (QED) is 0.192. The molecule has 2 aromatic carbocycles. The second-order valence-electron chi connectivity index (χ2n) is 8.41. The van der Waals surface area contributed by atoms with Crippen molar-refractivity contribution < 1.29 is 33.4 Å². The molecule has 0 aliphatic heterocycles. The molecule has 214 valence electrons. The van der Waals surface area contributed by atoms with Crippen molar-refractivity contribution in [2.75, 3.05) is 30.9 Å². The summed E-state index contributed by atoms with van der Waals surface area (Å²) in [5.74, 6) is -1.36. The molecule has 0 aliphatic carbocycles. The average molecular weight is 564 g/mol. The Morgan fingerprint density at radius 3 is 2.39 bits per heavy atom. The summed E-state index contributed by atoms with van der Waals surface area (Å²) in [6, 6.07) is 17.0. The highest BCUT2D eigenvalue weighted by Gasteiger charge is 2.21. The maximum Gasteiger partial charge on any atom is 0.413 e. The monoisotopic (exact) mass is 563 g/mol. The SMILES string of the molecule is C=CCOC(=O)Nc1ccccc1CN(CC(=O)OC)C(=O)Cn1ccc(NC(=O)OCc2ccccc2)nc1=O. The second-order valence-corrected chi connectivity index (χ2v) is 8.41. The van der Waals surface area contributed by atoms with Crippen molar-refractivity contribution in [1.82, 2.24) is 14.5 Å². The van der Waals surface area contributed by atoms with Crippen molar-refractivity contribution in [1.29, 1.82) is 0 Å². The van der Waals surface area contributed by atoms with Crippen molar-refractivity contribution >= 4 is 35.6 Å². The first-order valence-electron chi connectivity index (χ1n) is 12.3. The molecule has 3 rings (SSSR count). The molecule has 0 unspecified atom stereocenters. The van der Waals surface area contributed by atoms with Gasteiger partial charge in [0.15, 0.2) is 0 Å². The van der Waals surface area contributed by atoms with Gasteiger partial charge in [-0.15, -0.1) is 0 Å². The number of para-hydroxylation sites is 1. The van der Waals surface area contributed by atoms with E-state index in [4.69, 9.17) is 14.2 Å². The van der Waals surface area contributed by atoms with Crippen LogP contribution in [0, 0.1) is 0 Å². The third-order valence-electron chi connectivity index (χ3n) is 5.47. The molecule has 0 saturated heterocycles. The maximum absolute atomic E-state index is 13.2. The van der Waals surface area contributed by atoms with Crippen LogP contribution in [-0.4, -0.2) is 58.8 Å². The van der Waals surface area contributed by atoms with Gasteiger partial charge in [-0.05, 0) is 23.3 Å². The van der Waals surface area contributed by atoms with Crippen LogP contribution in [0.1, 0.15) is 11.1 Å². The van der Waals surface area contributed by atoms with Crippen LogP contribution in [0.15, 0.2) is 84.3 Å². The van der Waals surface area contributed by atoms with Gasteiger partial charge in [-0.25, -0.2) is 14.4 Å². The molecule has 1 heterocycles. The minimum Gasteiger partial charge on any atom is -0.468 e. The van der Waals surface area contributed by atoms with Crippen molar-refractivity contribution in [3.05, 3.63) is 101 Å². The third-order valence-corrected chi connectivity index (χ3v) is 5.47. The summed E-state index contributed by atoms with van der Waals surface area (Å²) < 4.78 is 15.8. The summed E-state index contributed by atoms with van der Waals surface area (Å²) >= 11 is 0. The fraction of sp³-hybridized carbons (Fsp3) is 0.214. The normalized spacial score (nSPS) is 10.2. The van der Waals surface area contributed by atoms with E-state index < -0.39 is 42.8 Å². The average Bonchev–Trinajstić information content (AvgIpc) is 2.97. The van der Waals surface area contributed by atoms with Gasteiger partial charge in [-0.2, -0.15) is 4.98 Å². The Morgan fingerprint density at radius 2 is 1.68 bits per heavy atom. The summed E-state index contributed by atoms with van der Waals surface area (Å²) in [7, 11) is 1.18. The van der Waals surface area contributed by atoms with Crippen LogP contribution in [-0.2, 0) is 43.5 Å². The van der Waals surface area contributed by atoms with E-state index in [1.165, 1.54) is 30.3 Å². The lowest BCUT2D eigenvalue weighted by molar-refractivity contribution is -0.147. The smallest absolute Gasteiger partial charge is 0.413 e. The number of esters is 1. The van der Waals surface area contributed by atoms with E-state index in [9.17, 15) is 24.0 Å². The minimum atomic E-state index is -0.816. The molecule has 0 fully saturated rings. The number of carbonyl (C=O) groups excluding carboxylic acids is 4. The van der Waals surface area contributed by atoms with E-state index in [-0.39, 0.29) is 25.6 Å². The van der Waals surface area contributed by atoms with Gasteiger partial charge in [-0.3, -0.25) is 24.8 Å². The molecule has 41 heavy (non-hydrogen) atoms. The van der Waals surface area contributed by atoms with E-state index in [1.54, 1.807) is 36.4 Å². The molecule has 1 aromatic heterocycles. The molecule has 13 heteroatoms. The zero-order chi connectivity index (χ0) is 29.6. The Bertz CT molecular complexity index is 1440. The number of hydrogen-bond donors (Lipinski definition) is 2. The molecule has 0 radical (unpaired) electrons. The zero-order valence-electron chi connectivity index (χ0n) is 22.3. The molecule has 2 N–H and O–H groups in total. The van der Waals surface area contributed by atoms with Crippen LogP contribution in [0.3, 0.4) is 0 Å². The number of amides is 3. The molecule has 3 amide bonds. The van der Waals surface area contributed by atoms with Crippen molar-refractivity contribution in [3.8, 4) is 0 Å². The van der Waals surface area contributed by atoms with E-state index in [2.05, 4.69) is 22.2 Å². The van der Waals surface area contributed by atoms with Crippen LogP contribution >= 0.6 is 0 Å². The van der Waals surface area contributed by atoms with Crippen LogP contribution in [0.2, 0.25) is 0 Å². The topological polar surface area (TPSA) is 158 Å². The van der Waals surface area contributed by atoms with Crippen LogP contribution < -0.4 is 16.3 Å². The summed E-state index contributed by atoms with van der Waals surface area (Å²) in [5.41, 5.74) is 0.827. The van der Waals surface area contributed by atoms with Gasteiger partial charge < -0.3 is 19.1 Å². The number of hydrogen-bond acceptors (Lipinski definition) is 9. The van der Waals surface area contributed by atoms with Gasteiger partial charge in [0, 0.05) is 18.4 Å². The van der Waals surface area contributed by atoms with E-state index >= 15 is 0 Å². The Kier molecular flexibility index (Phi) is 11.2. The number of nitrogens with one attached hydrogen (secondary N) is 2. The van der Waals surface area contributed by atoms with Gasteiger partial charge in [0.25, 0.3) is 0 Å². The second kappa shape index (κ2) is 15.2. The largest absolute Gasteiger partial charge is 0.468 e. The summed E-state index contributed by atoms with van der Waals surface area (Å²) in [6.45, 7) is 2.55. The van der Waals surface area contributed by atoms with Crippen molar-refractivity contribution in [2.24, 2.45) is 0 Å². The van der Waals surface area contributed by atoms with Gasteiger partial charge in [0.2, 0.25) is 5.91 Å². The molecule has 0 aliphatic rings. The molecule has 0 atom stereocenters. The van der Waals surface area contributed by atoms with Crippen molar-refractivity contribution in [2.45, 2.75) is 19.7 Å². The first-order valence-corrected chi connectivity index (χ1v) is 12.3. The molecule has 0 spiro atoms. The van der Waals surface area contributed by atoms with Crippen molar-refractivity contribution in [3.63, 3.8) is 0 Å². The number of ether oxygens (including phenoxy) is 3. The Morgan fingerprint density at radius 1 is 0.976 bits per heavy atom. The van der Waals surface area contributed by atoms with Gasteiger partial charge in [0.05, 0.1) is 7.11 Å². The molecule has 0 saturated carbocycles. The van der Waals surface area contributed by atoms with Gasteiger partial charge in [-0.1, -0.05) is 61.2 Å². The number of methoxy groups -OCH3 is 1. The number of nitrogens with zero attached hydrogens (tertiary/aromatic N) is 3. The number of aromatic nitrogens is 2. The number of anilines is 2. The van der Waals surface area contributed by atoms with E-state index in [1.807, 2.05) is 18.2 Å². The molecule has 0 bridgehead atoms. The molecule has 13 nitrogen and oxygen atoms in total. The van der Waals surface area contributed by atoms with Gasteiger partial charge >= 0.3 is 23.8 Å². The highest BCUT2D eigenvalue weighted by Crippen LogP contribution is 2.18. The lowest BCUT2D eigenvalue weighted by atomic mass is 10.1. The van der Waals surface area contributed by atoms with Crippen LogP contribution in [0.5, 0.6) is 0 Å². The number of rotatable bonds is 12. The van der Waals surface area contributed by atoms with Crippen LogP contribution in [0.25, 0.3) is 0 Å². The van der Waals surface area contributed by atoms with E-state index in [0.29, 0.717) is 11.3 Å². The molecular weight excluding hydrogens is 534 g/mol. The fourth-order valence-corrected chi connectivity index (χ4v) is 3.45. The van der Waals surface area contributed by atoms with E-state index in [0.717, 1.165) is 10.1 Å².